The molecule has 10 heteroatoms. The molecule has 0 bridgehead atoms. The van der Waals surface area contributed by atoms with Crippen LogP contribution in [0.15, 0.2) is 47.4 Å². The molecule has 4 rings (SSSR count). The lowest BCUT2D eigenvalue weighted by atomic mass is 10.2. The van der Waals surface area contributed by atoms with E-state index < -0.39 is 10.0 Å². The lowest BCUT2D eigenvalue weighted by molar-refractivity contribution is -0.133. The van der Waals surface area contributed by atoms with E-state index in [4.69, 9.17) is 21.1 Å². The van der Waals surface area contributed by atoms with Crippen LogP contribution in [-0.4, -0.2) is 76.5 Å². The van der Waals surface area contributed by atoms with Crippen LogP contribution in [0, 0.1) is 0 Å². The van der Waals surface area contributed by atoms with Crippen molar-refractivity contribution in [3.05, 3.63) is 47.5 Å². The number of halogens is 1. The topological polar surface area (TPSA) is 79.4 Å². The van der Waals surface area contributed by atoms with E-state index in [0.717, 1.165) is 30.7 Å². The minimum atomic E-state index is -3.58. The van der Waals surface area contributed by atoms with Crippen LogP contribution in [-0.2, 0) is 14.8 Å². The van der Waals surface area contributed by atoms with Crippen LogP contribution in [0.3, 0.4) is 0 Å². The third-order valence-electron chi connectivity index (χ3n) is 6.27. The molecule has 2 aliphatic heterocycles. The molecule has 2 saturated heterocycles. The fraction of sp³-hybridized carbons (Fsp3) is 0.458. The van der Waals surface area contributed by atoms with Crippen LogP contribution in [0.4, 0.5) is 5.69 Å². The molecule has 2 fully saturated rings. The standard InChI is InChI=1S/C24H30ClN3O5S/c1-32-23-8-4-3-7-21(23)26-13-15-27(16-14-26)24(29)18-33-22-10-9-19(17-20(22)25)34(30,31)28-11-5-2-6-12-28/h3-4,7-10,17H,2,5-6,11-16,18H2,1H3. The number of carbonyl (C=O) groups is 1. The molecule has 0 radical (unpaired) electrons. The molecule has 0 aliphatic carbocycles. The minimum Gasteiger partial charge on any atom is -0.495 e. The smallest absolute Gasteiger partial charge is 0.260 e. The van der Waals surface area contributed by atoms with Crippen molar-refractivity contribution < 1.29 is 22.7 Å². The molecule has 2 aromatic rings. The second kappa shape index (κ2) is 10.8. The summed E-state index contributed by atoms with van der Waals surface area (Å²) < 4.78 is 38.3. The molecule has 0 spiro atoms. The van der Waals surface area contributed by atoms with Crippen LogP contribution < -0.4 is 14.4 Å². The van der Waals surface area contributed by atoms with E-state index >= 15 is 0 Å². The van der Waals surface area contributed by atoms with Crippen LogP contribution >= 0.6 is 11.6 Å². The molecule has 0 saturated carbocycles. The van der Waals surface area contributed by atoms with Gasteiger partial charge in [0.2, 0.25) is 10.0 Å². The van der Waals surface area contributed by atoms with E-state index in [-0.39, 0.29) is 22.4 Å². The number of rotatable bonds is 7. The number of anilines is 1. The molecule has 0 N–H and O–H groups in total. The highest BCUT2D eigenvalue weighted by atomic mass is 35.5. The van der Waals surface area contributed by atoms with Gasteiger partial charge < -0.3 is 19.3 Å². The maximum atomic E-state index is 12.8. The number of benzene rings is 2. The first-order valence-electron chi connectivity index (χ1n) is 11.5. The zero-order valence-electron chi connectivity index (χ0n) is 19.3. The Labute approximate surface area is 206 Å². The molecule has 2 heterocycles. The number of piperidine rings is 1. The van der Waals surface area contributed by atoms with Crippen molar-refractivity contribution in [3.63, 3.8) is 0 Å². The number of hydrogen-bond acceptors (Lipinski definition) is 6. The highest BCUT2D eigenvalue weighted by molar-refractivity contribution is 7.89. The van der Waals surface area contributed by atoms with Crippen LogP contribution in [0.5, 0.6) is 11.5 Å². The van der Waals surface area contributed by atoms with Gasteiger partial charge in [0.1, 0.15) is 11.5 Å². The van der Waals surface area contributed by atoms with E-state index in [9.17, 15) is 13.2 Å². The predicted molar refractivity (Wildman–Crippen MR) is 131 cm³/mol. The van der Waals surface area contributed by atoms with Crippen molar-refractivity contribution in [2.75, 3.05) is 57.9 Å². The van der Waals surface area contributed by atoms with E-state index in [1.165, 1.54) is 22.5 Å². The Morgan fingerprint density at radius 1 is 0.941 bits per heavy atom. The van der Waals surface area contributed by atoms with Crippen molar-refractivity contribution in [2.45, 2.75) is 24.2 Å². The predicted octanol–water partition coefficient (Wildman–Crippen LogP) is 3.25. The van der Waals surface area contributed by atoms with Gasteiger partial charge in [0.05, 0.1) is 22.7 Å². The molecule has 1 amide bonds. The molecule has 8 nitrogen and oxygen atoms in total. The fourth-order valence-corrected chi connectivity index (χ4v) is 6.18. The Balaban J connectivity index is 1.32. The number of sulfonamides is 1. The number of nitrogens with zero attached hydrogens (tertiary/aromatic N) is 3. The Bertz CT molecular complexity index is 1110. The Kier molecular flexibility index (Phi) is 7.85. The van der Waals surface area contributed by atoms with Gasteiger partial charge in [-0.25, -0.2) is 8.42 Å². The fourth-order valence-electron chi connectivity index (χ4n) is 4.33. The highest BCUT2D eigenvalue weighted by Gasteiger charge is 2.27. The molecule has 34 heavy (non-hydrogen) atoms. The van der Waals surface area contributed by atoms with Crippen molar-refractivity contribution in [3.8, 4) is 11.5 Å². The Morgan fingerprint density at radius 3 is 2.32 bits per heavy atom. The van der Waals surface area contributed by atoms with Gasteiger partial charge >= 0.3 is 0 Å². The monoisotopic (exact) mass is 507 g/mol. The number of methoxy groups -OCH3 is 1. The van der Waals surface area contributed by atoms with E-state index in [0.29, 0.717) is 45.0 Å². The third kappa shape index (κ3) is 5.42. The number of hydrogen-bond donors (Lipinski definition) is 0. The van der Waals surface area contributed by atoms with Crippen LogP contribution in [0.25, 0.3) is 0 Å². The maximum Gasteiger partial charge on any atom is 0.260 e. The summed E-state index contributed by atoms with van der Waals surface area (Å²) in [5.74, 6) is 0.965. The molecule has 184 valence electrons. The normalized spacial score (nSPS) is 17.5. The highest BCUT2D eigenvalue weighted by Crippen LogP contribution is 2.30. The maximum absolute atomic E-state index is 12.8. The van der Waals surface area contributed by atoms with Gasteiger partial charge in [0.25, 0.3) is 5.91 Å². The Morgan fingerprint density at radius 2 is 1.65 bits per heavy atom. The number of carbonyl (C=O) groups excluding carboxylic acids is 1. The second-order valence-electron chi connectivity index (χ2n) is 8.39. The van der Waals surface area contributed by atoms with Gasteiger partial charge in [-0.2, -0.15) is 4.31 Å². The first-order chi connectivity index (χ1) is 16.4. The summed E-state index contributed by atoms with van der Waals surface area (Å²) in [5, 5.41) is 0.173. The summed E-state index contributed by atoms with van der Waals surface area (Å²) in [5.41, 5.74) is 1.01. The van der Waals surface area contributed by atoms with E-state index in [1.807, 2.05) is 24.3 Å². The summed E-state index contributed by atoms with van der Waals surface area (Å²) in [7, 11) is -1.93. The third-order valence-corrected chi connectivity index (χ3v) is 8.46. The molecular formula is C24H30ClN3O5S. The molecule has 2 aromatic carbocycles. The van der Waals surface area contributed by atoms with E-state index in [1.54, 1.807) is 12.0 Å². The van der Waals surface area contributed by atoms with Gasteiger partial charge in [-0.05, 0) is 43.2 Å². The van der Waals surface area contributed by atoms with Crippen molar-refractivity contribution in [1.82, 2.24) is 9.21 Å². The first-order valence-corrected chi connectivity index (χ1v) is 13.3. The molecule has 0 unspecified atom stereocenters. The quantitative estimate of drug-likeness (QED) is 0.572. The Hall–Kier alpha value is -2.49. The summed E-state index contributed by atoms with van der Waals surface area (Å²) >= 11 is 6.31. The second-order valence-corrected chi connectivity index (χ2v) is 10.7. The van der Waals surface area contributed by atoms with Crippen LogP contribution in [0.1, 0.15) is 19.3 Å². The number of piperazine rings is 1. The van der Waals surface area contributed by atoms with Gasteiger partial charge in [-0.15, -0.1) is 0 Å². The van der Waals surface area contributed by atoms with Gasteiger partial charge in [0.15, 0.2) is 6.61 Å². The molecule has 2 aliphatic rings. The van der Waals surface area contributed by atoms with Crippen molar-refractivity contribution in [1.29, 1.82) is 0 Å². The minimum absolute atomic E-state index is 0.138. The first kappa shape index (κ1) is 24.6. The zero-order chi connectivity index (χ0) is 24.1. The lowest BCUT2D eigenvalue weighted by Crippen LogP contribution is -2.50. The number of para-hydroxylation sites is 2. The van der Waals surface area contributed by atoms with Crippen molar-refractivity contribution >= 4 is 33.2 Å². The lowest BCUT2D eigenvalue weighted by Gasteiger charge is -2.36. The van der Waals surface area contributed by atoms with Crippen LogP contribution in [0.2, 0.25) is 5.02 Å². The summed E-state index contributed by atoms with van der Waals surface area (Å²) in [6.07, 6.45) is 2.77. The molecular weight excluding hydrogens is 478 g/mol. The average Bonchev–Trinajstić information content (AvgIpc) is 2.88. The SMILES string of the molecule is COc1ccccc1N1CCN(C(=O)COc2ccc(S(=O)(=O)N3CCCCC3)cc2Cl)CC1. The summed E-state index contributed by atoms with van der Waals surface area (Å²) in [6.45, 7) is 3.41. The summed E-state index contributed by atoms with van der Waals surface area (Å²) in [4.78, 5) is 16.8. The van der Waals surface area contributed by atoms with Gasteiger partial charge in [0, 0.05) is 39.3 Å². The average molecular weight is 508 g/mol. The zero-order valence-corrected chi connectivity index (χ0v) is 20.9. The molecule has 0 atom stereocenters. The summed E-state index contributed by atoms with van der Waals surface area (Å²) in [6, 6.07) is 12.2. The largest absolute Gasteiger partial charge is 0.495 e. The van der Waals surface area contributed by atoms with Gasteiger partial charge in [-0.3, -0.25) is 4.79 Å². The van der Waals surface area contributed by atoms with E-state index in [2.05, 4.69) is 4.90 Å². The van der Waals surface area contributed by atoms with Crippen molar-refractivity contribution in [2.24, 2.45) is 0 Å². The molecule has 0 aromatic heterocycles. The van der Waals surface area contributed by atoms with Gasteiger partial charge in [-0.1, -0.05) is 30.2 Å². The number of ether oxygens (including phenoxy) is 2. The number of amides is 1.